The van der Waals surface area contributed by atoms with Crippen molar-refractivity contribution in [3.63, 3.8) is 0 Å². The lowest BCUT2D eigenvalue weighted by atomic mass is 10.0. The maximum atomic E-state index is 5.40. The first-order valence-corrected chi connectivity index (χ1v) is 7.01. The fraction of sp³-hybridized carbons (Fsp3) is 0.278. The molecule has 0 aliphatic carbocycles. The highest BCUT2D eigenvalue weighted by Crippen LogP contribution is 2.12. The van der Waals surface area contributed by atoms with Crippen molar-refractivity contribution < 1.29 is 4.84 Å². The van der Waals surface area contributed by atoms with Crippen LogP contribution in [-0.2, 0) is 6.42 Å². The Morgan fingerprint density at radius 1 is 1.00 bits per heavy atom. The second-order valence-corrected chi connectivity index (χ2v) is 5.38. The van der Waals surface area contributed by atoms with E-state index in [0.717, 1.165) is 23.4 Å². The zero-order chi connectivity index (χ0) is 14.4. The third kappa shape index (κ3) is 4.23. The Kier molecular flexibility index (Phi) is 4.94. The quantitative estimate of drug-likeness (QED) is 0.569. The molecule has 2 aromatic rings. The minimum atomic E-state index is 0.678. The number of hydrogen-bond donors (Lipinski definition) is 0. The van der Waals surface area contributed by atoms with E-state index in [0.29, 0.717) is 5.92 Å². The van der Waals surface area contributed by atoms with Crippen LogP contribution in [0.2, 0.25) is 0 Å². The lowest BCUT2D eigenvalue weighted by molar-refractivity contribution is 0.341. The predicted molar refractivity (Wildman–Crippen MR) is 84.3 cm³/mol. The molecular formula is C18H21NO. The normalized spacial score (nSPS) is 11.7. The highest BCUT2D eigenvalue weighted by atomic mass is 16.6. The van der Waals surface area contributed by atoms with E-state index in [-0.39, 0.29) is 0 Å². The smallest absolute Gasteiger partial charge is 0.157 e. The van der Waals surface area contributed by atoms with Crippen LogP contribution in [0.4, 0.5) is 0 Å². The van der Waals surface area contributed by atoms with Gasteiger partial charge in [0.2, 0.25) is 0 Å². The third-order valence-corrected chi connectivity index (χ3v) is 3.05. The Balaban J connectivity index is 2.03. The SMILES string of the molecule is C/C(=N\Oc1ccccc1)c1ccc(CC(C)C)cc1. The molecule has 0 saturated heterocycles. The first-order valence-electron chi connectivity index (χ1n) is 7.01. The van der Waals surface area contributed by atoms with Gasteiger partial charge in [-0.2, -0.15) is 0 Å². The average Bonchev–Trinajstić information content (AvgIpc) is 2.46. The molecule has 0 heterocycles. The van der Waals surface area contributed by atoms with Crippen LogP contribution < -0.4 is 4.84 Å². The lowest BCUT2D eigenvalue weighted by Crippen LogP contribution is -1.99. The van der Waals surface area contributed by atoms with E-state index in [4.69, 9.17) is 4.84 Å². The van der Waals surface area contributed by atoms with Crippen LogP contribution in [0.1, 0.15) is 31.9 Å². The van der Waals surface area contributed by atoms with Crippen molar-refractivity contribution in [2.24, 2.45) is 11.1 Å². The van der Waals surface area contributed by atoms with Crippen LogP contribution in [0.25, 0.3) is 0 Å². The average molecular weight is 267 g/mol. The molecule has 2 heteroatoms. The van der Waals surface area contributed by atoms with E-state index >= 15 is 0 Å². The van der Waals surface area contributed by atoms with E-state index in [2.05, 4.69) is 43.3 Å². The van der Waals surface area contributed by atoms with Gasteiger partial charge in [0, 0.05) is 0 Å². The molecule has 0 unspecified atom stereocenters. The summed E-state index contributed by atoms with van der Waals surface area (Å²) in [5.41, 5.74) is 3.33. The van der Waals surface area contributed by atoms with Gasteiger partial charge in [-0.25, -0.2) is 0 Å². The lowest BCUT2D eigenvalue weighted by Gasteiger charge is -2.06. The number of nitrogens with zero attached hydrogens (tertiary/aromatic N) is 1. The molecule has 0 bridgehead atoms. The number of para-hydroxylation sites is 1. The summed E-state index contributed by atoms with van der Waals surface area (Å²) in [5, 5.41) is 4.17. The molecule has 0 spiro atoms. The summed E-state index contributed by atoms with van der Waals surface area (Å²) in [7, 11) is 0. The molecule has 104 valence electrons. The molecule has 2 aromatic carbocycles. The fourth-order valence-electron chi connectivity index (χ4n) is 2.01. The van der Waals surface area contributed by atoms with Gasteiger partial charge in [0.05, 0.1) is 5.71 Å². The van der Waals surface area contributed by atoms with Gasteiger partial charge in [-0.3, -0.25) is 0 Å². The van der Waals surface area contributed by atoms with Crippen molar-refractivity contribution in [2.75, 3.05) is 0 Å². The molecular weight excluding hydrogens is 246 g/mol. The zero-order valence-corrected chi connectivity index (χ0v) is 12.3. The van der Waals surface area contributed by atoms with Crippen molar-refractivity contribution in [2.45, 2.75) is 27.2 Å². The molecule has 0 radical (unpaired) electrons. The maximum absolute atomic E-state index is 5.40. The minimum absolute atomic E-state index is 0.678. The highest BCUT2D eigenvalue weighted by molar-refractivity contribution is 5.98. The van der Waals surface area contributed by atoms with Gasteiger partial charge >= 0.3 is 0 Å². The van der Waals surface area contributed by atoms with Crippen LogP contribution >= 0.6 is 0 Å². The zero-order valence-electron chi connectivity index (χ0n) is 12.3. The van der Waals surface area contributed by atoms with E-state index in [1.54, 1.807) is 0 Å². The van der Waals surface area contributed by atoms with Gasteiger partial charge in [0.15, 0.2) is 5.75 Å². The van der Waals surface area contributed by atoms with Crippen molar-refractivity contribution in [3.8, 4) is 5.75 Å². The summed E-state index contributed by atoms with van der Waals surface area (Å²) in [5.74, 6) is 1.43. The summed E-state index contributed by atoms with van der Waals surface area (Å²) in [6.45, 7) is 6.42. The molecule has 0 saturated carbocycles. The van der Waals surface area contributed by atoms with Crippen LogP contribution in [0.3, 0.4) is 0 Å². The molecule has 0 aliphatic rings. The van der Waals surface area contributed by atoms with Crippen LogP contribution in [0.15, 0.2) is 59.8 Å². The first kappa shape index (κ1) is 14.3. The van der Waals surface area contributed by atoms with Gasteiger partial charge in [-0.15, -0.1) is 0 Å². The van der Waals surface area contributed by atoms with Crippen LogP contribution in [0, 0.1) is 5.92 Å². The molecule has 2 rings (SSSR count). The Morgan fingerprint density at radius 3 is 2.25 bits per heavy atom. The van der Waals surface area contributed by atoms with Gasteiger partial charge in [0.1, 0.15) is 0 Å². The van der Waals surface area contributed by atoms with Gasteiger partial charge in [0.25, 0.3) is 0 Å². The van der Waals surface area contributed by atoms with Gasteiger partial charge in [-0.1, -0.05) is 61.5 Å². The molecule has 0 amide bonds. The Bertz CT molecular complexity index is 556. The number of benzene rings is 2. The van der Waals surface area contributed by atoms with E-state index in [1.165, 1.54) is 5.56 Å². The van der Waals surface area contributed by atoms with E-state index in [9.17, 15) is 0 Å². The highest BCUT2D eigenvalue weighted by Gasteiger charge is 2.01. The van der Waals surface area contributed by atoms with Gasteiger partial charge in [-0.05, 0) is 42.5 Å². The fourth-order valence-corrected chi connectivity index (χ4v) is 2.01. The predicted octanol–water partition coefficient (Wildman–Crippen LogP) is 4.69. The topological polar surface area (TPSA) is 21.6 Å². The summed E-state index contributed by atoms with van der Waals surface area (Å²) in [6.07, 6.45) is 1.11. The monoisotopic (exact) mass is 267 g/mol. The Labute approximate surface area is 121 Å². The summed E-state index contributed by atoms with van der Waals surface area (Å²) in [4.78, 5) is 5.40. The molecule has 0 N–H and O–H groups in total. The molecule has 0 fully saturated rings. The molecule has 20 heavy (non-hydrogen) atoms. The van der Waals surface area contributed by atoms with Crippen molar-refractivity contribution in [3.05, 3.63) is 65.7 Å². The second kappa shape index (κ2) is 6.90. The van der Waals surface area contributed by atoms with E-state index in [1.807, 2.05) is 37.3 Å². The largest absolute Gasteiger partial charge is 0.357 e. The number of oxime groups is 1. The molecule has 0 aromatic heterocycles. The number of hydrogen-bond acceptors (Lipinski definition) is 2. The van der Waals surface area contributed by atoms with Crippen LogP contribution in [0.5, 0.6) is 5.75 Å². The number of rotatable bonds is 5. The van der Waals surface area contributed by atoms with Crippen molar-refractivity contribution >= 4 is 5.71 Å². The maximum Gasteiger partial charge on any atom is 0.157 e. The molecule has 0 atom stereocenters. The Hall–Kier alpha value is -2.09. The van der Waals surface area contributed by atoms with Crippen molar-refractivity contribution in [1.29, 1.82) is 0 Å². The summed E-state index contributed by atoms with van der Waals surface area (Å²) < 4.78 is 0. The van der Waals surface area contributed by atoms with E-state index < -0.39 is 0 Å². The summed E-state index contributed by atoms with van der Waals surface area (Å²) >= 11 is 0. The second-order valence-electron chi connectivity index (χ2n) is 5.38. The third-order valence-electron chi connectivity index (χ3n) is 3.05. The molecule has 2 nitrogen and oxygen atoms in total. The summed E-state index contributed by atoms with van der Waals surface area (Å²) in [6, 6.07) is 18.1. The van der Waals surface area contributed by atoms with Crippen molar-refractivity contribution in [1.82, 2.24) is 0 Å². The Morgan fingerprint density at radius 2 is 1.65 bits per heavy atom. The molecule has 0 aliphatic heterocycles. The van der Waals surface area contributed by atoms with Gasteiger partial charge < -0.3 is 4.84 Å². The first-order chi connectivity index (χ1) is 9.65. The minimum Gasteiger partial charge on any atom is -0.357 e. The van der Waals surface area contributed by atoms with Crippen LogP contribution in [-0.4, -0.2) is 5.71 Å². The standard InChI is InChI=1S/C18H21NO/c1-14(2)13-16-9-11-17(12-10-16)15(3)19-20-18-7-5-4-6-8-18/h4-12,14H,13H2,1-3H3/b19-15+.